The SMILES string of the molecule is CC(=O)c1ccc2ccc(S(=O)(=O)O)nc2c1. The molecule has 0 unspecified atom stereocenters. The number of ketones is 1. The van der Waals surface area contributed by atoms with E-state index in [1.54, 1.807) is 12.1 Å². The van der Waals surface area contributed by atoms with Gasteiger partial charge in [0.15, 0.2) is 10.8 Å². The highest BCUT2D eigenvalue weighted by molar-refractivity contribution is 7.85. The van der Waals surface area contributed by atoms with Crippen molar-refractivity contribution in [2.75, 3.05) is 0 Å². The summed E-state index contributed by atoms with van der Waals surface area (Å²) in [5.41, 5.74) is 0.797. The lowest BCUT2D eigenvalue weighted by Gasteiger charge is -2.02. The molecule has 0 aliphatic heterocycles. The first-order valence-electron chi connectivity index (χ1n) is 4.77. The molecule has 1 aromatic heterocycles. The largest absolute Gasteiger partial charge is 0.312 e. The predicted molar refractivity (Wildman–Crippen MR) is 61.6 cm³/mol. The Morgan fingerprint density at radius 3 is 2.47 bits per heavy atom. The standard InChI is InChI=1S/C11H9NO4S/c1-7(13)9-3-2-8-4-5-11(17(14,15)16)12-10(8)6-9/h2-6H,1H3,(H,14,15,16). The van der Waals surface area contributed by atoms with Crippen molar-refractivity contribution in [1.82, 2.24) is 4.98 Å². The first kappa shape index (κ1) is 11.7. The molecule has 5 nitrogen and oxygen atoms in total. The molecule has 17 heavy (non-hydrogen) atoms. The first-order chi connectivity index (χ1) is 7.88. The zero-order chi connectivity index (χ0) is 12.6. The molecule has 1 heterocycles. The number of nitrogens with zero attached hydrogens (tertiary/aromatic N) is 1. The van der Waals surface area contributed by atoms with Gasteiger partial charge in [-0.05, 0) is 25.1 Å². The van der Waals surface area contributed by atoms with Crippen molar-refractivity contribution in [1.29, 1.82) is 0 Å². The summed E-state index contributed by atoms with van der Waals surface area (Å²) in [4.78, 5) is 15.0. The maximum absolute atomic E-state index is 11.2. The molecule has 0 bridgehead atoms. The molecule has 1 N–H and O–H groups in total. The van der Waals surface area contributed by atoms with Crippen molar-refractivity contribution in [3.8, 4) is 0 Å². The summed E-state index contributed by atoms with van der Waals surface area (Å²) < 4.78 is 30.7. The third-order valence-corrected chi connectivity index (χ3v) is 3.09. The molecule has 2 rings (SSSR count). The maximum Gasteiger partial charge on any atom is 0.312 e. The van der Waals surface area contributed by atoms with Gasteiger partial charge in [-0.1, -0.05) is 12.1 Å². The molecule has 0 atom stereocenters. The van der Waals surface area contributed by atoms with Crippen LogP contribution in [0.4, 0.5) is 0 Å². The molecule has 0 saturated heterocycles. The number of hydrogen-bond acceptors (Lipinski definition) is 4. The Kier molecular flexibility index (Phi) is 2.68. The molecule has 6 heteroatoms. The number of aromatic nitrogens is 1. The Labute approximate surface area is 97.9 Å². The van der Waals surface area contributed by atoms with Crippen LogP contribution in [0.3, 0.4) is 0 Å². The topological polar surface area (TPSA) is 84.3 Å². The molecule has 2 aromatic rings. The zero-order valence-corrected chi connectivity index (χ0v) is 9.73. The number of carbonyl (C=O) groups excluding carboxylic acids is 1. The van der Waals surface area contributed by atoms with Gasteiger partial charge in [0.05, 0.1) is 5.52 Å². The van der Waals surface area contributed by atoms with Gasteiger partial charge in [-0.3, -0.25) is 9.35 Å². The Hall–Kier alpha value is -1.79. The molecule has 0 fully saturated rings. The molecule has 0 aliphatic carbocycles. The van der Waals surface area contributed by atoms with E-state index in [4.69, 9.17) is 4.55 Å². The third-order valence-electron chi connectivity index (χ3n) is 2.34. The minimum absolute atomic E-state index is 0.133. The van der Waals surface area contributed by atoms with Gasteiger partial charge in [0.25, 0.3) is 0 Å². The Morgan fingerprint density at radius 2 is 1.88 bits per heavy atom. The lowest BCUT2D eigenvalue weighted by atomic mass is 10.1. The van der Waals surface area contributed by atoms with Gasteiger partial charge in [-0.25, -0.2) is 4.98 Å². The van der Waals surface area contributed by atoms with Crippen LogP contribution >= 0.6 is 0 Å². The quantitative estimate of drug-likeness (QED) is 0.648. The van der Waals surface area contributed by atoms with E-state index in [0.717, 1.165) is 0 Å². The van der Waals surface area contributed by atoms with E-state index in [1.165, 1.54) is 25.1 Å². The van der Waals surface area contributed by atoms with Crippen LogP contribution in [0.1, 0.15) is 17.3 Å². The van der Waals surface area contributed by atoms with Crippen LogP contribution in [-0.4, -0.2) is 23.7 Å². The lowest BCUT2D eigenvalue weighted by Crippen LogP contribution is -2.01. The summed E-state index contributed by atoms with van der Waals surface area (Å²) in [7, 11) is -4.32. The van der Waals surface area contributed by atoms with Crippen LogP contribution in [-0.2, 0) is 10.1 Å². The molecule has 0 aliphatic rings. The molecule has 0 saturated carbocycles. The number of rotatable bonds is 2. The van der Waals surface area contributed by atoms with Gasteiger partial charge in [0.1, 0.15) is 0 Å². The summed E-state index contributed by atoms with van der Waals surface area (Å²) in [6.07, 6.45) is 0. The van der Waals surface area contributed by atoms with E-state index in [2.05, 4.69) is 4.98 Å². The van der Waals surface area contributed by atoms with Gasteiger partial charge >= 0.3 is 10.1 Å². The minimum atomic E-state index is -4.32. The molecule has 0 amide bonds. The van der Waals surface area contributed by atoms with Crippen molar-refractivity contribution in [2.45, 2.75) is 11.9 Å². The number of hydrogen-bond donors (Lipinski definition) is 1. The molecule has 0 spiro atoms. The number of benzene rings is 1. The summed E-state index contributed by atoms with van der Waals surface area (Å²) in [5.74, 6) is -0.133. The minimum Gasteiger partial charge on any atom is -0.295 e. The number of fused-ring (bicyclic) bond motifs is 1. The smallest absolute Gasteiger partial charge is 0.295 e. The summed E-state index contributed by atoms with van der Waals surface area (Å²) >= 11 is 0. The molecular weight excluding hydrogens is 242 g/mol. The van der Waals surface area contributed by atoms with Crippen molar-refractivity contribution in [3.05, 3.63) is 35.9 Å². The Balaban J connectivity index is 2.71. The highest BCUT2D eigenvalue weighted by Gasteiger charge is 2.12. The summed E-state index contributed by atoms with van der Waals surface area (Å²) in [6.45, 7) is 1.41. The average Bonchev–Trinajstić information content (AvgIpc) is 2.26. The monoisotopic (exact) mass is 251 g/mol. The second kappa shape index (κ2) is 3.90. The van der Waals surface area contributed by atoms with Gasteiger partial charge in [-0.15, -0.1) is 0 Å². The predicted octanol–water partition coefficient (Wildman–Crippen LogP) is 1.68. The van der Waals surface area contributed by atoms with E-state index < -0.39 is 15.1 Å². The van der Waals surface area contributed by atoms with Crippen molar-refractivity contribution in [2.24, 2.45) is 0 Å². The maximum atomic E-state index is 11.2. The first-order valence-corrected chi connectivity index (χ1v) is 6.21. The second-order valence-electron chi connectivity index (χ2n) is 3.59. The highest BCUT2D eigenvalue weighted by Crippen LogP contribution is 2.17. The van der Waals surface area contributed by atoms with E-state index in [9.17, 15) is 13.2 Å². The molecule has 88 valence electrons. The zero-order valence-electron chi connectivity index (χ0n) is 8.91. The molecule has 0 radical (unpaired) electrons. The van der Waals surface area contributed by atoms with Gasteiger partial charge in [0, 0.05) is 10.9 Å². The number of Topliss-reactive ketones (excluding diaryl/α,β-unsaturated/α-hetero) is 1. The third kappa shape index (κ3) is 2.32. The number of carbonyl (C=O) groups is 1. The van der Waals surface area contributed by atoms with Gasteiger partial charge in [-0.2, -0.15) is 8.42 Å². The van der Waals surface area contributed by atoms with Crippen LogP contribution < -0.4 is 0 Å². The normalized spacial score (nSPS) is 11.6. The van der Waals surface area contributed by atoms with E-state index in [0.29, 0.717) is 16.5 Å². The average molecular weight is 251 g/mol. The molecular formula is C11H9NO4S. The van der Waals surface area contributed by atoms with Crippen LogP contribution in [0, 0.1) is 0 Å². The van der Waals surface area contributed by atoms with Crippen LogP contribution in [0.2, 0.25) is 0 Å². The van der Waals surface area contributed by atoms with Crippen molar-refractivity contribution < 1.29 is 17.8 Å². The fraction of sp³-hybridized carbons (Fsp3) is 0.0909. The lowest BCUT2D eigenvalue weighted by molar-refractivity contribution is 0.101. The summed E-state index contributed by atoms with van der Waals surface area (Å²) in [6, 6.07) is 7.54. The van der Waals surface area contributed by atoms with Crippen LogP contribution in [0.5, 0.6) is 0 Å². The highest BCUT2D eigenvalue weighted by atomic mass is 32.2. The molecule has 1 aromatic carbocycles. The summed E-state index contributed by atoms with van der Waals surface area (Å²) in [5, 5.41) is 0.271. The fourth-order valence-corrected chi connectivity index (χ4v) is 1.91. The second-order valence-corrected chi connectivity index (χ2v) is 4.96. The van der Waals surface area contributed by atoms with Crippen LogP contribution in [0.15, 0.2) is 35.4 Å². The number of pyridine rings is 1. The van der Waals surface area contributed by atoms with Gasteiger partial charge in [0.2, 0.25) is 0 Å². The van der Waals surface area contributed by atoms with E-state index in [-0.39, 0.29) is 5.78 Å². The van der Waals surface area contributed by atoms with Crippen molar-refractivity contribution >= 4 is 26.8 Å². The van der Waals surface area contributed by atoms with E-state index in [1.807, 2.05) is 0 Å². The Morgan fingerprint density at radius 1 is 1.24 bits per heavy atom. The van der Waals surface area contributed by atoms with Gasteiger partial charge < -0.3 is 0 Å². The van der Waals surface area contributed by atoms with E-state index >= 15 is 0 Å². The fourth-order valence-electron chi connectivity index (χ4n) is 1.46. The Bertz CT molecular complexity index is 706. The van der Waals surface area contributed by atoms with Crippen LogP contribution in [0.25, 0.3) is 10.9 Å². The van der Waals surface area contributed by atoms with Crippen molar-refractivity contribution in [3.63, 3.8) is 0 Å².